The van der Waals surface area contributed by atoms with Crippen molar-refractivity contribution < 1.29 is 2.74 Å². The topological polar surface area (TPSA) is 30.7 Å². The second-order valence-corrected chi connectivity index (χ2v) is 3.95. The smallest absolute Gasteiger partial charge is 0.137 e. The van der Waals surface area contributed by atoms with Gasteiger partial charge in [0.1, 0.15) is 18.1 Å². The Bertz CT molecular complexity index is 495. The van der Waals surface area contributed by atoms with E-state index in [0.29, 0.717) is 10.4 Å². The van der Waals surface area contributed by atoms with E-state index in [9.17, 15) is 0 Å². The molecule has 0 atom stereocenters. The molecule has 0 aliphatic heterocycles. The summed E-state index contributed by atoms with van der Waals surface area (Å²) in [6.07, 6.45) is 1.72. The molecule has 0 aliphatic rings. The first-order valence-corrected chi connectivity index (χ1v) is 5.01. The van der Waals surface area contributed by atoms with Crippen LogP contribution in [0.25, 0.3) is 5.82 Å². The van der Waals surface area contributed by atoms with Gasteiger partial charge >= 0.3 is 0 Å². The predicted octanol–water partition coefficient (Wildman–Crippen LogP) is 2.79. The van der Waals surface area contributed by atoms with E-state index < -0.39 is 0 Å². The lowest BCUT2D eigenvalue weighted by atomic mass is 10.4. The van der Waals surface area contributed by atoms with Crippen LogP contribution in [0.15, 0.2) is 39.9 Å². The Morgan fingerprint density at radius 3 is 2.69 bits per heavy atom. The lowest BCUT2D eigenvalue weighted by Gasteiger charge is -1.98. The van der Waals surface area contributed by atoms with Gasteiger partial charge in [-0.15, -0.1) is 0 Å². The van der Waals surface area contributed by atoms with Crippen LogP contribution in [0.5, 0.6) is 0 Å². The van der Waals surface area contributed by atoms with Crippen LogP contribution in [0.3, 0.4) is 0 Å². The Balaban J connectivity index is 2.58. The minimum atomic E-state index is -0.0123. The minimum absolute atomic E-state index is 0.0123. The molecule has 0 fully saturated rings. The number of aromatic nitrogens is 3. The molecule has 0 unspecified atom stereocenters. The molecule has 5 heteroatoms. The van der Waals surface area contributed by atoms with Crippen LogP contribution >= 0.6 is 31.9 Å². The first kappa shape index (κ1) is 6.73. The van der Waals surface area contributed by atoms with Gasteiger partial charge in [-0.05, 0) is 44.0 Å². The summed E-state index contributed by atoms with van der Waals surface area (Å²) < 4.78 is 17.8. The highest BCUT2D eigenvalue weighted by atomic mass is 79.9. The molecule has 0 saturated carbocycles. The Morgan fingerprint density at radius 2 is 2.15 bits per heavy atom. The third-order valence-electron chi connectivity index (χ3n) is 1.39. The fourth-order valence-electron chi connectivity index (χ4n) is 0.845. The molecule has 2 aromatic heterocycles. The van der Waals surface area contributed by atoms with Gasteiger partial charge in [0, 0.05) is 16.8 Å². The van der Waals surface area contributed by atoms with Gasteiger partial charge in [-0.3, -0.25) is 4.57 Å². The van der Waals surface area contributed by atoms with Crippen LogP contribution in [-0.4, -0.2) is 14.5 Å². The fraction of sp³-hybridized carbons (Fsp3) is 0. The highest BCUT2D eigenvalue weighted by Crippen LogP contribution is 2.12. The second-order valence-electron chi connectivity index (χ2n) is 2.28. The molecule has 2 heterocycles. The third-order valence-corrected chi connectivity index (χ3v) is 2.22. The lowest BCUT2D eigenvalue weighted by molar-refractivity contribution is 0.991. The van der Waals surface area contributed by atoms with Crippen LogP contribution in [0.4, 0.5) is 0 Å². The van der Waals surface area contributed by atoms with Crippen molar-refractivity contribution in [2.45, 2.75) is 0 Å². The maximum absolute atomic E-state index is 7.69. The summed E-state index contributed by atoms with van der Waals surface area (Å²) >= 11 is 6.37. The molecule has 0 aromatic carbocycles. The number of pyridine rings is 1. The van der Waals surface area contributed by atoms with E-state index in [1.54, 1.807) is 18.3 Å². The molecule has 3 nitrogen and oxygen atoms in total. The zero-order valence-corrected chi connectivity index (χ0v) is 9.50. The minimum Gasteiger partial charge on any atom is -0.289 e. The van der Waals surface area contributed by atoms with E-state index in [4.69, 9.17) is 2.74 Å². The van der Waals surface area contributed by atoms with E-state index in [0.717, 1.165) is 4.47 Å². The van der Waals surface area contributed by atoms with E-state index in [1.807, 2.05) is 0 Å². The summed E-state index contributed by atoms with van der Waals surface area (Å²) in [6, 6.07) is 3.52. The average Bonchev–Trinajstić information content (AvgIpc) is 2.44. The van der Waals surface area contributed by atoms with Crippen LogP contribution in [0.2, 0.25) is 0 Å². The van der Waals surface area contributed by atoms with Gasteiger partial charge in [-0.1, -0.05) is 0 Å². The van der Waals surface area contributed by atoms with E-state index in [2.05, 4.69) is 41.8 Å². The van der Waals surface area contributed by atoms with Gasteiger partial charge in [0.25, 0.3) is 0 Å². The standard InChI is InChI=1S/C8H5Br2N3/c9-6-1-2-8(11-3-6)13-4-7(10)12-5-13/h1-5H/i4D,5D. The van der Waals surface area contributed by atoms with Crippen molar-refractivity contribution >= 4 is 31.9 Å². The van der Waals surface area contributed by atoms with E-state index >= 15 is 0 Å². The van der Waals surface area contributed by atoms with Gasteiger partial charge in [-0.2, -0.15) is 0 Å². The highest BCUT2D eigenvalue weighted by Gasteiger charge is 1.98. The molecule has 0 bridgehead atoms. The summed E-state index contributed by atoms with van der Waals surface area (Å²) in [6.45, 7) is 0. The molecular formula is C8H5Br2N3. The van der Waals surface area contributed by atoms with Crippen molar-refractivity contribution in [2.75, 3.05) is 0 Å². The molecule has 0 radical (unpaired) electrons. The van der Waals surface area contributed by atoms with Gasteiger partial charge in [-0.25, -0.2) is 9.97 Å². The zero-order chi connectivity index (χ0) is 11.0. The van der Waals surface area contributed by atoms with Crippen molar-refractivity contribution in [2.24, 2.45) is 0 Å². The maximum Gasteiger partial charge on any atom is 0.137 e. The molecule has 2 aromatic rings. The molecule has 0 saturated heterocycles. The number of imidazole rings is 1. The number of nitrogens with zero attached hydrogens (tertiary/aromatic N) is 3. The monoisotopic (exact) mass is 303 g/mol. The Morgan fingerprint density at radius 1 is 1.31 bits per heavy atom. The summed E-state index contributed by atoms with van der Waals surface area (Å²) in [5.74, 6) is 0.506. The largest absolute Gasteiger partial charge is 0.289 e. The summed E-state index contributed by atoms with van der Waals surface area (Å²) in [5.41, 5.74) is 0. The summed E-state index contributed by atoms with van der Waals surface area (Å²) in [4.78, 5) is 7.92. The summed E-state index contributed by atoms with van der Waals surface area (Å²) in [5, 5.41) is 0. The molecule has 2 rings (SSSR count). The van der Waals surface area contributed by atoms with Gasteiger partial charge in [0.05, 0.1) is 1.37 Å². The van der Waals surface area contributed by atoms with Crippen molar-refractivity contribution in [3.63, 3.8) is 0 Å². The van der Waals surface area contributed by atoms with Crippen molar-refractivity contribution in [3.8, 4) is 5.82 Å². The zero-order valence-electron chi connectivity index (χ0n) is 8.33. The Labute approximate surface area is 94.9 Å². The number of halogens is 2. The number of hydrogen-bond acceptors (Lipinski definition) is 2. The normalized spacial score (nSPS) is 12.5. The lowest BCUT2D eigenvalue weighted by Crippen LogP contribution is -1.92. The number of hydrogen-bond donors (Lipinski definition) is 0. The van der Waals surface area contributed by atoms with Crippen LogP contribution in [0, 0.1) is 0 Å². The molecule has 66 valence electrons. The van der Waals surface area contributed by atoms with Crippen molar-refractivity contribution in [3.05, 3.63) is 39.9 Å². The molecule has 13 heavy (non-hydrogen) atoms. The first-order chi connectivity index (χ1) is 7.09. The van der Waals surface area contributed by atoms with Crippen LogP contribution in [-0.2, 0) is 0 Å². The van der Waals surface area contributed by atoms with Crippen molar-refractivity contribution in [1.82, 2.24) is 14.5 Å². The van der Waals surface area contributed by atoms with Gasteiger partial charge < -0.3 is 0 Å². The predicted molar refractivity (Wildman–Crippen MR) is 56.8 cm³/mol. The SMILES string of the molecule is [2H]c1nc(Br)c([2H])n1-c1ccc(Br)cn1. The quantitative estimate of drug-likeness (QED) is 0.811. The fourth-order valence-corrected chi connectivity index (χ4v) is 1.34. The Hall–Kier alpha value is -0.680. The average molecular weight is 305 g/mol. The summed E-state index contributed by atoms with van der Waals surface area (Å²) in [7, 11) is 0. The second kappa shape index (κ2) is 3.59. The molecule has 0 aliphatic carbocycles. The number of rotatable bonds is 1. The van der Waals surface area contributed by atoms with E-state index in [1.165, 1.54) is 4.57 Å². The Kier molecular flexibility index (Phi) is 1.86. The van der Waals surface area contributed by atoms with Crippen LogP contribution in [0.1, 0.15) is 2.74 Å². The van der Waals surface area contributed by atoms with Gasteiger partial charge in [0.15, 0.2) is 0 Å². The molecule has 0 amide bonds. The molecule has 0 N–H and O–H groups in total. The third kappa shape index (κ3) is 1.97. The molecular weight excluding hydrogens is 298 g/mol. The highest BCUT2D eigenvalue weighted by molar-refractivity contribution is 9.10. The first-order valence-electron chi connectivity index (χ1n) is 4.43. The maximum atomic E-state index is 7.69. The van der Waals surface area contributed by atoms with Crippen molar-refractivity contribution in [1.29, 1.82) is 0 Å². The van der Waals surface area contributed by atoms with Gasteiger partial charge in [0.2, 0.25) is 0 Å². The van der Waals surface area contributed by atoms with E-state index in [-0.39, 0.29) is 12.5 Å². The molecule has 0 spiro atoms. The van der Waals surface area contributed by atoms with Crippen LogP contribution < -0.4 is 0 Å².